The van der Waals surface area contributed by atoms with Crippen LogP contribution < -0.4 is 0 Å². The highest BCUT2D eigenvalue weighted by Crippen LogP contribution is 2.11. The van der Waals surface area contributed by atoms with E-state index in [0.29, 0.717) is 5.56 Å². The molecule has 0 atom stereocenters. The minimum absolute atomic E-state index is 0.0406. The van der Waals surface area contributed by atoms with Crippen molar-refractivity contribution in [3.8, 4) is 0 Å². The fraction of sp³-hybridized carbons (Fsp3) is 0.200. The molecule has 84 valence electrons. The van der Waals surface area contributed by atoms with E-state index < -0.39 is 4.92 Å². The summed E-state index contributed by atoms with van der Waals surface area (Å²) >= 11 is 0. The van der Waals surface area contributed by atoms with Crippen LogP contribution in [0.5, 0.6) is 0 Å². The van der Waals surface area contributed by atoms with E-state index in [1.54, 1.807) is 14.1 Å². The molecule has 0 aliphatic carbocycles. The number of nitrogens with zero attached hydrogens (tertiary/aromatic N) is 3. The van der Waals surface area contributed by atoms with Gasteiger partial charge in [-0.1, -0.05) is 0 Å². The summed E-state index contributed by atoms with van der Waals surface area (Å²) in [5.41, 5.74) is 0.331. The second kappa shape index (κ2) is 5.01. The van der Waals surface area contributed by atoms with Gasteiger partial charge in [0.05, 0.1) is 11.1 Å². The Morgan fingerprint density at radius 1 is 1.38 bits per heavy atom. The van der Waals surface area contributed by atoms with Crippen LogP contribution in [0.25, 0.3) is 0 Å². The average molecular weight is 221 g/mol. The Morgan fingerprint density at radius 3 is 2.38 bits per heavy atom. The van der Waals surface area contributed by atoms with Gasteiger partial charge in [0.15, 0.2) is 0 Å². The fourth-order valence-corrected chi connectivity index (χ4v) is 0.990. The second-order valence-electron chi connectivity index (χ2n) is 3.26. The smallest absolute Gasteiger partial charge is 0.269 e. The van der Waals surface area contributed by atoms with Gasteiger partial charge in [-0.05, 0) is 12.1 Å². The number of rotatable bonds is 4. The number of benzene rings is 1. The lowest BCUT2D eigenvalue weighted by atomic mass is 10.1. The normalized spacial score (nSPS) is 10.4. The molecule has 0 bridgehead atoms. The van der Waals surface area contributed by atoms with Gasteiger partial charge in [-0.3, -0.25) is 14.9 Å². The zero-order valence-electron chi connectivity index (χ0n) is 8.95. The lowest BCUT2D eigenvalue weighted by Gasteiger charge is -2.01. The van der Waals surface area contributed by atoms with E-state index in [-0.39, 0.29) is 11.5 Å². The fourth-order valence-electron chi connectivity index (χ4n) is 0.990. The number of hydrogen-bond donors (Lipinski definition) is 0. The van der Waals surface area contributed by atoms with Gasteiger partial charge in [0.1, 0.15) is 0 Å². The monoisotopic (exact) mass is 221 g/mol. The SMILES string of the molecule is CN(C)/N=C/C(=O)c1ccc([N+](=O)[O-])cc1. The van der Waals surface area contributed by atoms with Crippen molar-refractivity contribution in [2.45, 2.75) is 0 Å². The number of hydrazone groups is 1. The topological polar surface area (TPSA) is 75.8 Å². The first-order valence-corrected chi connectivity index (χ1v) is 4.51. The Hall–Kier alpha value is -2.24. The van der Waals surface area contributed by atoms with Crippen molar-refractivity contribution in [1.82, 2.24) is 5.01 Å². The molecule has 16 heavy (non-hydrogen) atoms. The summed E-state index contributed by atoms with van der Waals surface area (Å²) in [5, 5.41) is 15.7. The molecule has 0 fully saturated rings. The van der Waals surface area contributed by atoms with Crippen LogP contribution in [-0.2, 0) is 0 Å². The van der Waals surface area contributed by atoms with E-state index in [2.05, 4.69) is 5.10 Å². The summed E-state index contributed by atoms with van der Waals surface area (Å²) < 4.78 is 0. The minimum Gasteiger partial charge on any atom is -0.303 e. The van der Waals surface area contributed by atoms with Crippen LogP contribution in [0.2, 0.25) is 0 Å². The quantitative estimate of drug-likeness (QED) is 0.332. The molecule has 0 aliphatic heterocycles. The summed E-state index contributed by atoms with van der Waals surface area (Å²) in [7, 11) is 3.39. The maximum absolute atomic E-state index is 11.5. The largest absolute Gasteiger partial charge is 0.303 e. The Bertz CT molecular complexity index is 423. The molecule has 0 N–H and O–H groups in total. The van der Waals surface area contributed by atoms with Gasteiger partial charge in [-0.15, -0.1) is 0 Å². The molecular formula is C10H11N3O3. The number of non-ortho nitro benzene ring substituents is 1. The van der Waals surface area contributed by atoms with Crippen LogP contribution in [0.3, 0.4) is 0 Å². The first-order chi connectivity index (χ1) is 7.50. The predicted molar refractivity (Wildman–Crippen MR) is 59.6 cm³/mol. The summed E-state index contributed by atoms with van der Waals surface area (Å²) in [4.78, 5) is 21.4. The first kappa shape index (κ1) is 11.8. The highest BCUT2D eigenvalue weighted by molar-refractivity contribution is 6.35. The third-order valence-electron chi connectivity index (χ3n) is 1.77. The highest BCUT2D eigenvalue weighted by atomic mass is 16.6. The molecule has 0 saturated carbocycles. The summed E-state index contributed by atoms with van der Waals surface area (Å²) in [6, 6.07) is 5.39. The number of nitro groups is 1. The van der Waals surface area contributed by atoms with Gasteiger partial charge in [-0.2, -0.15) is 5.10 Å². The number of nitro benzene ring substituents is 1. The molecule has 1 aromatic rings. The first-order valence-electron chi connectivity index (χ1n) is 4.51. The second-order valence-corrected chi connectivity index (χ2v) is 3.26. The number of carbonyl (C=O) groups is 1. The van der Waals surface area contributed by atoms with Gasteiger partial charge in [0, 0.05) is 31.8 Å². The Labute approximate surface area is 92.3 Å². The molecule has 0 amide bonds. The zero-order chi connectivity index (χ0) is 12.1. The number of ketones is 1. The molecule has 1 rings (SSSR count). The van der Waals surface area contributed by atoms with Gasteiger partial charge in [0.25, 0.3) is 5.69 Å². The summed E-state index contributed by atoms with van der Waals surface area (Å²) in [6.45, 7) is 0. The average Bonchev–Trinajstić information content (AvgIpc) is 2.26. The van der Waals surface area contributed by atoms with Crippen LogP contribution in [0, 0.1) is 10.1 Å². The van der Waals surface area contributed by atoms with Crippen molar-refractivity contribution in [2.24, 2.45) is 5.10 Å². The van der Waals surface area contributed by atoms with Gasteiger partial charge < -0.3 is 5.01 Å². The molecule has 6 heteroatoms. The maximum atomic E-state index is 11.5. The lowest BCUT2D eigenvalue weighted by molar-refractivity contribution is -0.384. The van der Waals surface area contributed by atoms with E-state index in [1.165, 1.54) is 35.5 Å². The van der Waals surface area contributed by atoms with Crippen LogP contribution in [0.1, 0.15) is 10.4 Å². The van der Waals surface area contributed by atoms with Gasteiger partial charge >= 0.3 is 0 Å². The Morgan fingerprint density at radius 2 is 1.94 bits per heavy atom. The predicted octanol–water partition coefficient (Wildman–Crippen LogP) is 1.32. The molecule has 0 aliphatic rings. The van der Waals surface area contributed by atoms with Crippen LogP contribution in [-0.4, -0.2) is 36.0 Å². The van der Waals surface area contributed by atoms with E-state index in [4.69, 9.17) is 0 Å². The van der Waals surface area contributed by atoms with E-state index in [9.17, 15) is 14.9 Å². The summed E-state index contributed by atoms with van der Waals surface area (Å²) in [5.74, 6) is -0.288. The van der Waals surface area contributed by atoms with Crippen molar-refractivity contribution in [2.75, 3.05) is 14.1 Å². The number of carbonyl (C=O) groups excluding carboxylic acids is 1. The molecule has 0 saturated heterocycles. The van der Waals surface area contributed by atoms with Crippen molar-refractivity contribution in [1.29, 1.82) is 0 Å². The number of Topliss-reactive ketones (excluding diaryl/α,β-unsaturated/α-hetero) is 1. The standard InChI is InChI=1S/C10H11N3O3/c1-12(2)11-7-10(14)8-3-5-9(6-4-8)13(15)16/h3-7H,1-2H3/b11-7+. The third-order valence-corrected chi connectivity index (χ3v) is 1.77. The molecular weight excluding hydrogens is 210 g/mol. The van der Waals surface area contributed by atoms with Gasteiger partial charge in [-0.25, -0.2) is 0 Å². The lowest BCUT2D eigenvalue weighted by Crippen LogP contribution is -2.07. The van der Waals surface area contributed by atoms with Crippen molar-refractivity contribution >= 4 is 17.7 Å². The Kier molecular flexibility index (Phi) is 3.71. The molecule has 0 spiro atoms. The van der Waals surface area contributed by atoms with Crippen LogP contribution in [0.15, 0.2) is 29.4 Å². The maximum Gasteiger partial charge on any atom is 0.269 e. The highest BCUT2D eigenvalue weighted by Gasteiger charge is 2.07. The van der Waals surface area contributed by atoms with Crippen LogP contribution >= 0.6 is 0 Å². The molecule has 6 nitrogen and oxygen atoms in total. The van der Waals surface area contributed by atoms with Crippen molar-refractivity contribution in [3.05, 3.63) is 39.9 Å². The van der Waals surface area contributed by atoms with Crippen molar-refractivity contribution < 1.29 is 9.72 Å². The molecule has 0 heterocycles. The van der Waals surface area contributed by atoms with E-state index in [0.717, 1.165) is 0 Å². The molecule has 1 aromatic carbocycles. The van der Waals surface area contributed by atoms with E-state index >= 15 is 0 Å². The van der Waals surface area contributed by atoms with Crippen molar-refractivity contribution in [3.63, 3.8) is 0 Å². The van der Waals surface area contributed by atoms with Gasteiger partial charge in [0.2, 0.25) is 5.78 Å². The molecule has 0 aromatic heterocycles. The molecule has 0 radical (unpaired) electrons. The third kappa shape index (κ3) is 3.16. The summed E-state index contributed by atoms with van der Waals surface area (Å²) in [6.07, 6.45) is 1.17. The number of hydrogen-bond acceptors (Lipinski definition) is 5. The zero-order valence-corrected chi connectivity index (χ0v) is 8.95. The van der Waals surface area contributed by atoms with Crippen LogP contribution in [0.4, 0.5) is 5.69 Å². The van der Waals surface area contributed by atoms with E-state index in [1.807, 2.05) is 0 Å². The Balaban J connectivity index is 2.82. The minimum atomic E-state index is -0.512. The molecule has 0 unspecified atom stereocenters.